The van der Waals surface area contributed by atoms with Crippen molar-refractivity contribution in [3.05, 3.63) is 69.3 Å². The number of carbonyl (C=O) groups is 3. The Labute approximate surface area is 189 Å². The van der Waals surface area contributed by atoms with Gasteiger partial charge in [0.2, 0.25) is 0 Å². The Bertz CT molecular complexity index is 1060. The number of nitrogens with zero attached hydrogens (tertiary/aromatic N) is 3. The number of esters is 1. The number of nitro benzene ring substituents is 1. The fraction of sp³-hybridized carbons (Fsp3) is 0.348. The fourth-order valence-corrected chi connectivity index (χ4v) is 3.94. The third-order valence-corrected chi connectivity index (χ3v) is 5.65. The van der Waals surface area contributed by atoms with Crippen LogP contribution in [-0.2, 0) is 9.47 Å². The molecule has 2 aromatic carbocycles. The van der Waals surface area contributed by atoms with E-state index in [0.29, 0.717) is 56.0 Å². The zero-order valence-electron chi connectivity index (χ0n) is 17.9. The molecule has 10 heteroatoms. The summed E-state index contributed by atoms with van der Waals surface area (Å²) < 4.78 is 10.7. The van der Waals surface area contributed by atoms with E-state index in [0.717, 1.165) is 0 Å². The van der Waals surface area contributed by atoms with Crippen molar-refractivity contribution in [2.24, 2.45) is 0 Å². The standard InChI is InChI=1S/C23H23N3O7/c27-21-17-5-1-2-6-18(17)22(28)25(21)9-3-4-12-33-23(29)19-15-16(26(30)31)7-8-20(19)24-10-13-32-14-11-24/h1-2,5-8,15H,3-4,9-14H2. The van der Waals surface area contributed by atoms with Gasteiger partial charge >= 0.3 is 5.97 Å². The molecule has 0 bridgehead atoms. The van der Waals surface area contributed by atoms with Gasteiger partial charge in [-0.1, -0.05) is 12.1 Å². The molecular weight excluding hydrogens is 430 g/mol. The molecule has 0 aromatic heterocycles. The normalized spacial score (nSPS) is 15.5. The summed E-state index contributed by atoms with van der Waals surface area (Å²) in [5.41, 5.74) is 1.31. The van der Waals surface area contributed by atoms with Gasteiger partial charge in [0.05, 0.1) is 47.1 Å². The molecule has 10 nitrogen and oxygen atoms in total. The van der Waals surface area contributed by atoms with Gasteiger partial charge in [-0.25, -0.2) is 4.79 Å². The molecule has 4 rings (SSSR count). The highest BCUT2D eigenvalue weighted by molar-refractivity contribution is 6.21. The highest BCUT2D eigenvalue weighted by Gasteiger charge is 2.34. The Morgan fingerprint density at radius 2 is 1.70 bits per heavy atom. The zero-order valence-corrected chi connectivity index (χ0v) is 17.9. The van der Waals surface area contributed by atoms with Gasteiger partial charge in [0.25, 0.3) is 17.5 Å². The Morgan fingerprint density at radius 1 is 1.03 bits per heavy atom. The molecule has 0 saturated carbocycles. The summed E-state index contributed by atoms with van der Waals surface area (Å²) in [7, 11) is 0. The first-order chi connectivity index (χ1) is 16.0. The molecule has 0 radical (unpaired) electrons. The second-order valence-corrected chi connectivity index (χ2v) is 7.71. The number of nitro groups is 1. The van der Waals surface area contributed by atoms with E-state index >= 15 is 0 Å². The largest absolute Gasteiger partial charge is 0.462 e. The van der Waals surface area contributed by atoms with Crippen LogP contribution in [0.15, 0.2) is 42.5 Å². The number of unbranched alkanes of at least 4 members (excludes halogenated alkanes) is 1. The summed E-state index contributed by atoms with van der Waals surface area (Å²) >= 11 is 0. The average Bonchev–Trinajstić information content (AvgIpc) is 3.08. The summed E-state index contributed by atoms with van der Waals surface area (Å²) in [6.45, 7) is 2.43. The number of hydrogen-bond acceptors (Lipinski definition) is 8. The highest BCUT2D eigenvalue weighted by Crippen LogP contribution is 2.27. The van der Waals surface area contributed by atoms with E-state index in [1.54, 1.807) is 30.3 Å². The number of non-ortho nitro benzene ring substituents is 1. The van der Waals surface area contributed by atoms with Crippen molar-refractivity contribution in [3.63, 3.8) is 0 Å². The fourth-order valence-electron chi connectivity index (χ4n) is 3.94. The number of anilines is 1. The molecule has 0 aliphatic carbocycles. The van der Waals surface area contributed by atoms with Gasteiger partial charge in [-0.3, -0.25) is 24.6 Å². The molecule has 33 heavy (non-hydrogen) atoms. The maximum atomic E-state index is 12.7. The molecule has 0 N–H and O–H groups in total. The minimum Gasteiger partial charge on any atom is -0.462 e. The summed E-state index contributed by atoms with van der Waals surface area (Å²) in [5.74, 6) is -1.29. The van der Waals surface area contributed by atoms with Crippen LogP contribution in [0.2, 0.25) is 0 Å². The molecule has 2 aliphatic rings. The van der Waals surface area contributed by atoms with E-state index in [1.807, 2.05) is 4.90 Å². The third kappa shape index (κ3) is 4.70. The van der Waals surface area contributed by atoms with Gasteiger partial charge in [-0.2, -0.15) is 0 Å². The Kier molecular flexibility index (Phi) is 6.64. The Morgan fingerprint density at radius 3 is 2.33 bits per heavy atom. The smallest absolute Gasteiger partial charge is 0.340 e. The van der Waals surface area contributed by atoms with Crippen LogP contribution in [0.3, 0.4) is 0 Å². The molecule has 172 valence electrons. The van der Waals surface area contributed by atoms with Crippen LogP contribution in [0, 0.1) is 10.1 Å². The van der Waals surface area contributed by atoms with Crippen LogP contribution in [0.1, 0.15) is 43.9 Å². The number of carbonyl (C=O) groups excluding carboxylic acids is 3. The Hall–Kier alpha value is -3.79. The van der Waals surface area contributed by atoms with Crippen LogP contribution in [0.5, 0.6) is 0 Å². The number of fused-ring (bicyclic) bond motifs is 1. The monoisotopic (exact) mass is 453 g/mol. The Balaban J connectivity index is 1.33. The molecule has 2 aliphatic heterocycles. The first-order valence-electron chi connectivity index (χ1n) is 10.7. The summed E-state index contributed by atoms with van der Waals surface area (Å²) in [4.78, 5) is 51.3. The van der Waals surface area contributed by atoms with E-state index in [-0.39, 0.29) is 36.2 Å². The molecule has 1 saturated heterocycles. The van der Waals surface area contributed by atoms with Gasteiger partial charge in [0.1, 0.15) is 0 Å². The quantitative estimate of drug-likeness (QED) is 0.197. The number of hydrogen-bond donors (Lipinski definition) is 0. The number of amides is 2. The van der Waals surface area contributed by atoms with Crippen molar-refractivity contribution in [1.82, 2.24) is 4.90 Å². The zero-order chi connectivity index (χ0) is 23.4. The van der Waals surface area contributed by atoms with Crippen molar-refractivity contribution in [2.75, 3.05) is 44.4 Å². The molecule has 1 fully saturated rings. The highest BCUT2D eigenvalue weighted by atomic mass is 16.6. The lowest BCUT2D eigenvalue weighted by molar-refractivity contribution is -0.384. The predicted molar refractivity (Wildman–Crippen MR) is 117 cm³/mol. The third-order valence-electron chi connectivity index (χ3n) is 5.65. The van der Waals surface area contributed by atoms with Crippen LogP contribution in [0.25, 0.3) is 0 Å². The number of morpholine rings is 1. The minimum atomic E-state index is -0.652. The molecule has 0 spiro atoms. The predicted octanol–water partition coefficient (Wildman–Crippen LogP) is 2.66. The maximum Gasteiger partial charge on any atom is 0.340 e. The lowest BCUT2D eigenvalue weighted by Gasteiger charge is -2.30. The van der Waals surface area contributed by atoms with E-state index in [4.69, 9.17) is 9.47 Å². The topological polar surface area (TPSA) is 119 Å². The van der Waals surface area contributed by atoms with E-state index in [1.165, 1.54) is 17.0 Å². The first kappa shape index (κ1) is 22.4. The summed E-state index contributed by atoms with van der Waals surface area (Å²) in [5, 5.41) is 11.2. The van der Waals surface area contributed by atoms with E-state index in [2.05, 4.69) is 0 Å². The maximum absolute atomic E-state index is 12.7. The molecule has 0 atom stereocenters. The lowest BCUT2D eigenvalue weighted by atomic mass is 10.1. The molecule has 0 unspecified atom stereocenters. The van der Waals surface area contributed by atoms with Crippen LogP contribution < -0.4 is 4.90 Å². The molecule has 2 heterocycles. The number of ether oxygens (including phenoxy) is 2. The molecular formula is C23H23N3O7. The lowest BCUT2D eigenvalue weighted by Crippen LogP contribution is -2.37. The average molecular weight is 453 g/mol. The minimum absolute atomic E-state index is 0.0627. The number of benzene rings is 2. The van der Waals surface area contributed by atoms with Gasteiger partial charge in [-0.15, -0.1) is 0 Å². The molecule has 2 aromatic rings. The van der Waals surface area contributed by atoms with Gasteiger partial charge in [0, 0.05) is 31.8 Å². The van der Waals surface area contributed by atoms with Crippen molar-refractivity contribution >= 4 is 29.2 Å². The SMILES string of the molecule is O=C(OCCCCN1C(=O)c2ccccc2C1=O)c1cc([N+](=O)[O-])ccc1N1CCOCC1. The van der Waals surface area contributed by atoms with Crippen molar-refractivity contribution < 1.29 is 28.8 Å². The first-order valence-corrected chi connectivity index (χ1v) is 10.7. The number of rotatable bonds is 8. The van der Waals surface area contributed by atoms with Crippen molar-refractivity contribution in [2.45, 2.75) is 12.8 Å². The van der Waals surface area contributed by atoms with Gasteiger partial charge in [-0.05, 0) is 31.0 Å². The number of imide groups is 1. The second-order valence-electron chi connectivity index (χ2n) is 7.71. The van der Waals surface area contributed by atoms with Crippen LogP contribution >= 0.6 is 0 Å². The van der Waals surface area contributed by atoms with E-state index in [9.17, 15) is 24.5 Å². The van der Waals surface area contributed by atoms with Crippen LogP contribution in [0.4, 0.5) is 11.4 Å². The summed E-state index contributed by atoms with van der Waals surface area (Å²) in [6, 6.07) is 10.8. The second kappa shape index (κ2) is 9.78. The van der Waals surface area contributed by atoms with Crippen molar-refractivity contribution in [1.29, 1.82) is 0 Å². The van der Waals surface area contributed by atoms with Gasteiger partial charge in [0.15, 0.2) is 0 Å². The van der Waals surface area contributed by atoms with Crippen molar-refractivity contribution in [3.8, 4) is 0 Å². The van der Waals surface area contributed by atoms with Gasteiger partial charge < -0.3 is 14.4 Å². The van der Waals surface area contributed by atoms with Crippen LogP contribution in [-0.4, -0.2) is 67.1 Å². The van der Waals surface area contributed by atoms with E-state index < -0.39 is 10.9 Å². The molecule has 2 amide bonds. The summed E-state index contributed by atoms with van der Waals surface area (Å²) in [6.07, 6.45) is 0.894.